The molecule has 3 heteroatoms. The van der Waals surface area contributed by atoms with Crippen LogP contribution in [0.2, 0.25) is 0 Å². The fraction of sp³-hybridized carbons (Fsp3) is 0.700. The van der Waals surface area contributed by atoms with E-state index in [9.17, 15) is 4.79 Å². The van der Waals surface area contributed by atoms with E-state index in [0.717, 1.165) is 39.1 Å². The number of nitrogens with zero attached hydrogens (tertiary/aromatic N) is 2. The first-order valence-corrected chi connectivity index (χ1v) is 4.83. The SMILES string of the molecule is C=CCN1CCCN(C(C)=O)CC1. The molecule has 0 bridgehead atoms. The van der Waals surface area contributed by atoms with Crippen molar-refractivity contribution >= 4 is 5.91 Å². The highest BCUT2D eigenvalue weighted by molar-refractivity contribution is 5.73. The number of rotatable bonds is 2. The zero-order valence-electron chi connectivity index (χ0n) is 8.33. The fourth-order valence-electron chi connectivity index (χ4n) is 1.65. The largest absolute Gasteiger partial charge is 0.342 e. The highest BCUT2D eigenvalue weighted by atomic mass is 16.2. The number of hydrogen-bond acceptors (Lipinski definition) is 2. The van der Waals surface area contributed by atoms with Gasteiger partial charge in [-0.2, -0.15) is 0 Å². The van der Waals surface area contributed by atoms with Gasteiger partial charge in [0, 0.05) is 39.6 Å². The molecule has 0 atom stereocenters. The predicted molar refractivity (Wildman–Crippen MR) is 53.5 cm³/mol. The lowest BCUT2D eigenvalue weighted by Crippen LogP contribution is -2.33. The Morgan fingerprint density at radius 3 is 2.77 bits per heavy atom. The van der Waals surface area contributed by atoms with E-state index in [2.05, 4.69) is 11.5 Å². The molecule has 1 amide bonds. The van der Waals surface area contributed by atoms with Crippen molar-refractivity contribution in [3.05, 3.63) is 12.7 Å². The molecular formula is C10H18N2O. The van der Waals surface area contributed by atoms with Gasteiger partial charge in [0.1, 0.15) is 0 Å². The van der Waals surface area contributed by atoms with Gasteiger partial charge in [-0.05, 0) is 6.42 Å². The van der Waals surface area contributed by atoms with Gasteiger partial charge in [0.15, 0.2) is 0 Å². The Morgan fingerprint density at radius 1 is 1.38 bits per heavy atom. The third-order valence-corrected chi connectivity index (χ3v) is 2.42. The second kappa shape index (κ2) is 5.02. The van der Waals surface area contributed by atoms with Crippen LogP contribution in [0.5, 0.6) is 0 Å². The van der Waals surface area contributed by atoms with Gasteiger partial charge in [0.05, 0.1) is 0 Å². The lowest BCUT2D eigenvalue weighted by Gasteiger charge is -2.19. The summed E-state index contributed by atoms with van der Waals surface area (Å²) >= 11 is 0. The van der Waals surface area contributed by atoms with Crippen molar-refractivity contribution in [1.82, 2.24) is 9.80 Å². The van der Waals surface area contributed by atoms with E-state index in [1.54, 1.807) is 6.92 Å². The molecule has 1 heterocycles. The number of hydrogen-bond donors (Lipinski definition) is 0. The molecule has 0 aromatic heterocycles. The summed E-state index contributed by atoms with van der Waals surface area (Å²) in [6.07, 6.45) is 3.00. The molecule has 0 saturated carbocycles. The fourth-order valence-corrected chi connectivity index (χ4v) is 1.65. The second-order valence-electron chi connectivity index (χ2n) is 3.45. The normalized spacial score (nSPS) is 19.6. The molecule has 1 rings (SSSR count). The molecule has 1 saturated heterocycles. The second-order valence-corrected chi connectivity index (χ2v) is 3.45. The smallest absolute Gasteiger partial charge is 0.219 e. The predicted octanol–water partition coefficient (Wildman–Crippen LogP) is 0.727. The first-order chi connectivity index (χ1) is 6.24. The van der Waals surface area contributed by atoms with Gasteiger partial charge in [0.2, 0.25) is 5.91 Å². The van der Waals surface area contributed by atoms with Crippen LogP contribution in [0.15, 0.2) is 12.7 Å². The topological polar surface area (TPSA) is 23.6 Å². The van der Waals surface area contributed by atoms with E-state index >= 15 is 0 Å². The first-order valence-electron chi connectivity index (χ1n) is 4.83. The minimum Gasteiger partial charge on any atom is -0.342 e. The van der Waals surface area contributed by atoms with Crippen LogP contribution in [0.1, 0.15) is 13.3 Å². The van der Waals surface area contributed by atoms with Crippen LogP contribution in [0.4, 0.5) is 0 Å². The molecule has 1 aliphatic heterocycles. The molecule has 3 nitrogen and oxygen atoms in total. The average Bonchev–Trinajstić information content (AvgIpc) is 2.30. The van der Waals surface area contributed by atoms with Gasteiger partial charge in [-0.1, -0.05) is 6.08 Å². The van der Waals surface area contributed by atoms with Crippen molar-refractivity contribution < 1.29 is 4.79 Å². The van der Waals surface area contributed by atoms with Crippen molar-refractivity contribution in [1.29, 1.82) is 0 Å². The van der Waals surface area contributed by atoms with Crippen molar-refractivity contribution in [2.24, 2.45) is 0 Å². The summed E-state index contributed by atoms with van der Waals surface area (Å²) < 4.78 is 0. The standard InChI is InChI=1S/C10H18N2O/c1-3-5-11-6-4-7-12(9-8-11)10(2)13/h3H,1,4-9H2,2H3. The van der Waals surface area contributed by atoms with Crippen molar-refractivity contribution in [2.45, 2.75) is 13.3 Å². The zero-order valence-corrected chi connectivity index (χ0v) is 8.33. The summed E-state index contributed by atoms with van der Waals surface area (Å²) in [5.41, 5.74) is 0. The first kappa shape index (κ1) is 10.3. The maximum atomic E-state index is 11.1. The van der Waals surface area contributed by atoms with Crippen molar-refractivity contribution in [2.75, 3.05) is 32.7 Å². The Hall–Kier alpha value is -0.830. The van der Waals surface area contributed by atoms with Crippen molar-refractivity contribution in [3.8, 4) is 0 Å². The third kappa shape index (κ3) is 3.19. The Bertz CT molecular complexity index is 191. The molecule has 0 aliphatic carbocycles. The van der Waals surface area contributed by atoms with Crippen LogP contribution >= 0.6 is 0 Å². The van der Waals surface area contributed by atoms with E-state index in [1.165, 1.54) is 0 Å². The third-order valence-electron chi connectivity index (χ3n) is 2.42. The van der Waals surface area contributed by atoms with Crippen LogP contribution < -0.4 is 0 Å². The minimum absolute atomic E-state index is 0.195. The summed E-state index contributed by atoms with van der Waals surface area (Å²) in [7, 11) is 0. The number of amides is 1. The summed E-state index contributed by atoms with van der Waals surface area (Å²) in [6, 6.07) is 0. The summed E-state index contributed by atoms with van der Waals surface area (Å²) in [5.74, 6) is 0.195. The summed E-state index contributed by atoms with van der Waals surface area (Å²) in [5, 5.41) is 0. The lowest BCUT2D eigenvalue weighted by molar-refractivity contribution is -0.128. The highest BCUT2D eigenvalue weighted by Gasteiger charge is 2.14. The highest BCUT2D eigenvalue weighted by Crippen LogP contribution is 2.02. The maximum absolute atomic E-state index is 11.1. The van der Waals surface area contributed by atoms with Crippen LogP contribution in [0, 0.1) is 0 Å². The van der Waals surface area contributed by atoms with E-state index in [0.29, 0.717) is 0 Å². The Kier molecular flexibility index (Phi) is 3.96. The molecule has 74 valence electrons. The van der Waals surface area contributed by atoms with Gasteiger partial charge >= 0.3 is 0 Å². The number of carbonyl (C=O) groups is 1. The van der Waals surface area contributed by atoms with Crippen molar-refractivity contribution in [3.63, 3.8) is 0 Å². The van der Waals surface area contributed by atoms with E-state index in [4.69, 9.17) is 0 Å². The quantitative estimate of drug-likeness (QED) is 0.588. The Balaban J connectivity index is 2.39. The summed E-state index contributed by atoms with van der Waals surface area (Å²) in [4.78, 5) is 15.4. The maximum Gasteiger partial charge on any atom is 0.219 e. The molecule has 0 N–H and O–H groups in total. The van der Waals surface area contributed by atoms with E-state index in [-0.39, 0.29) is 5.91 Å². The van der Waals surface area contributed by atoms with Gasteiger partial charge in [-0.3, -0.25) is 9.69 Å². The van der Waals surface area contributed by atoms with Crippen LogP contribution in [-0.4, -0.2) is 48.4 Å². The van der Waals surface area contributed by atoms with Gasteiger partial charge in [-0.25, -0.2) is 0 Å². The molecular weight excluding hydrogens is 164 g/mol. The van der Waals surface area contributed by atoms with E-state index in [1.807, 2.05) is 11.0 Å². The molecule has 0 unspecified atom stereocenters. The molecule has 0 aromatic carbocycles. The van der Waals surface area contributed by atoms with Gasteiger partial charge < -0.3 is 4.90 Å². The molecule has 1 fully saturated rings. The molecule has 0 aromatic rings. The average molecular weight is 182 g/mol. The molecule has 0 spiro atoms. The zero-order chi connectivity index (χ0) is 9.68. The Labute approximate surface area is 80.0 Å². The number of carbonyl (C=O) groups excluding carboxylic acids is 1. The van der Waals surface area contributed by atoms with Gasteiger partial charge in [0.25, 0.3) is 0 Å². The van der Waals surface area contributed by atoms with E-state index < -0.39 is 0 Å². The molecule has 0 radical (unpaired) electrons. The molecule has 13 heavy (non-hydrogen) atoms. The lowest BCUT2D eigenvalue weighted by atomic mass is 10.4. The summed E-state index contributed by atoms with van der Waals surface area (Å²) in [6.45, 7) is 10.1. The van der Waals surface area contributed by atoms with Crippen LogP contribution in [0.25, 0.3) is 0 Å². The minimum atomic E-state index is 0.195. The van der Waals surface area contributed by atoms with Gasteiger partial charge in [-0.15, -0.1) is 6.58 Å². The van der Waals surface area contributed by atoms with Crippen LogP contribution in [0.3, 0.4) is 0 Å². The monoisotopic (exact) mass is 182 g/mol. The Morgan fingerprint density at radius 2 is 2.15 bits per heavy atom. The molecule has 1 aliphatic rings. The van der Waals surface area contributed by atoms with Crippen LogP contribution in [-0.2, 0) is 4.79 Å².